The second-order valence-corrected chi connectivity index (χ2v) is 4.28. The fraction of sp³-hybridized carbons (Fsp3) is 0.385. The standard InChI is InChI=1S/C13H17ClN2O4/c1-3-20-13(18)11(15)12(17)16-7-8-9(14)5-4-6-10(8)19-2/h4-6,11H,3,7,15H2,1-2H3,(H,16,17). The van der Waals surface area contributed by atoms with Crippen molar-refractivity contribution < 1.29 is 19.1 Å². The highest BCUT2D eigenvalue weighted by molar-refractivity contribution is 6.31. The number of hydrogen-bond acceptors (Lipinski definition) is 5. The van der Waals surface area contributed by atoms with Crippen LogP contribution in [0.15, 0.2) is 18.2 Å². The maximum atomic E-state index is 11.7. The zero-order valence-corrected chi connectivity index (χ0v) is 12.1. The molecule has 0 aliphatic rings. The molecule has 20 heavy (non-hydrogen) atoms. The van der Waals surface area contributed by atoms with Crippen LogP contribution in [0.2, 0.25) is 5.02 Å². The van der Waals surface area contributed by atoms with Crippen LogP contribution in [0.1, 0.15) is 12.5 Å². The zero-order chi connectivity index (χ0) is 15.1. The van der Waals surface area contributed by atoms with Crippen molar-refractivity contribution in [2.45, 2.75) is 19.5 Å². The van der Waals surface area contributed by atoms with Crippen LogP contribution in [0.4, 0.5) is 0 Å². The van der Waals surface area contributed by atoms with E-state index in [1.54, 1.807) is 25.1 Å². The van der Waals surface area contributed by atoms with Crippen molar-refractivity contribution in [3.8, 4) is 5.75 Å². The second-order valence-electron chi connectivity index (χ2n) is 3.87. The van der Waals surface area contributed by atoms with E-state index in [2.05, 4.69) is 10.1 Å². The number of rotatable bonds is 6. The van der Waals surface area contributed by atoms with Crippen LogP contribution in [0.25, 0.3) is 0 Å². The van der Waals surface area contributed by atoms with E-state index in [1.807, 2.05) is 0 Å². The Hall–Kier alpha value is -1.79. The van der Waals surface area contributed by atoms with E-state index in [4.69, 9.17) is 22.1 Å². The summed E-state index contributed by atoms with van der Waals surface area (Å²) in [6.07, 6.45) is 0. The van der Waals surface area contributed by atoms with Gasteiger partial charge in [0.25, 0.3) is 0 Å². The molecule has 0 aliphatic carbocycles. The van der Waals surface area contributed by atoms with E-state index < -0.39 is 17.9 Å². The van der Waals surface area contributed by atoms with Gasteiger partial charge in [0.2, 0.25) is 5.91 Å². The van der Waals surface area contributed by atoms with Crippen molar-refractivity contribution in [1.29, 1.82) is 0 Å². The van der Waals surface area contributed by atoms with Crippen molar-refractivity contribution in [3.63, 3.8) is 0 Å². The van der Waals surface area contributed by atoms with Crippen LogP contribution in [0.3, 0.4) is 0 Å². The zero-order valence-electron chi connectivity index (χ0n) is 11.3. The predicted molar refractivity (Wildman–Crippen MR) is 74.5 cm³/mol. The molecule has 1 rings (SSSR count). The summed E-state index contributed by atoms with van der Waals surface area (Å²) in [6, 6.07) is 3.77. The molecule has 0 radical (unpaired) electrons. The fourth-order valence-corrected chi connectivity index (χ4v) is 1.76. The van der Waals surface area contributed by atoms with Gasteiger partial charge < -0.3 is 20.5 Å². The van der Waals surface area contributed by atoms with Crippen molar-refractivity contribution in [2.75, 3.05) is 13.7 Å². The molecular weight excluding hydrogens is 284 g/mol. The Balaban J connectivity index is 2.68. The van der Waals surface area contributed by atoms with E-state index in [0.29, 0.717) is 16.3 Å². The largest absolute Gasteiger partial charge is 0.496 e. The number of amides is 1. The Kier molecular flexibility index (Phi) is 6.27. The number of nitrogens with two attached hydrogens (primary N) is 1. The molecule has 110 valence electrons. The Labute approximate surface area is 122 Å². The molecule has 6 nitrogen and oxygen atoms in total. The number of benzene rings is 1. The van der Waals surface area contributed by atoms with Crippen molar-refractivity contribution in [1.82, 2.24) is 5.32 Å². The summed E-state index contributed by atoms with van der Waals surface area (Å²) in [7, 11) is 1.50. The van der Waals surface area contributed by atoms with Crippen LogP contribution < -0.4 is 15.8 Å². The van der Waals surface area contributed by atoms with E-state index >= 15 is 0 Å². The van der Waals surface area contributed by atoms with Crippen molar-refractivity contribution in [3.05, 3.63) is 28.8 Å². The first-order valence-electron chi connectivity index (χ1n) is 6.02. The first-order valence-corrected chi connectivity index (χ1v) is 6.40. The molecule has 7 heteroatoms. The molecular formula is C13H17ClN2O4. The van der Waals surface area contributed by atoms with Gasteiger partial charge >= 0.3 is 5.97 Å². The SMILES string of the molecule is CCOC(=O)C(N)C(=O)NCc1c(Cl)cccc1OC. The summed E-state index contributed by atoms with van der Waals surface area (Å²) >= 11 is 6.03. The van der Waals surface area contributed by atoms with Gasteiger partial charge in [0.1, 0.15) is 5.75 Å². The minimum absolute atomic E-state index is 0.106. The lowest BCUT2D eigenvalue weighted by Gasteiger charge is -2.13. The van der Waals surface area contributed by atoms with Gasteiger partial charge in [-0.2, -0.15) is 0 Å². The Morgan fingerprint density at radius 3 is 2.75 bits per heavy atom. The lowest BCUT2D eigenvalue weighted by molar-refractivity contribution is -0.148. The minimum atomic E-state index is -1.36. The topological polar surface area (TPSA) is 90.7 Å². The van der Waals surface area contributed by atoms with Crippen LogP contribution in [-0.4, -0.2) is 31.6 Å². The molecule has 1 amide bonds. The third-order valence-corrected chi connectivity index (χ3v) is 2.91. The quantitative estimate of drug-likeness (QED) is 0.600. The molecule has 0 bridgehead atoms. The highest BCUT2D eigenvalue weighted by Gasteiger charge is 2.23. The molecule has 0 aromatic heterocycles. The molecule has 0 saturated heterocycles. The van der Waals surface area contributed by atoms with Gasteiger partial charge in [0.15, 0.2) is 6.04 Å². The van der Waals surface area contributed by atoms with Crippen LogP contribution in [0.5, 0.6) is 5.75 Å². The number of hydrogen-bond donors (Lipinski definition) is 2. The number of esters is 1. The lowest BCUT2D eigenvalue weighted by atomic mass is 10.2. The molecule has 0 aliphatic heterocycles. The molecule has 1 aromatic rings. The summed E-state index contributed by atoms with van der Waals surface area (Å²) in [5.74, 6) is -0.857. The van der Waals surface area contributed by atoms with E-state index in [9.17, 15) is 9.59 Å². The normalized spacial score (nSPS) is 11.6. The maximum absolute atomic E-state index is 11.7. The molecule has 3 N–H and O–H groups in total. The van der Waals surface area contributed by atoms with E-state index in [-0.39, 0.29) is 13.2 Å². The smallest absolute Gasteiger partial charge is 0.332 e. The maximum Gasteiger partial charge on any atom is 0.332 e. The predicted octanol–water partition coefficient (Wildman–Crippen LogP) is 0.855. The van der Waals surface area contributed by atoms with Gasteiger partial charge in [-0.25, -0.2) is 4.79 Å². The average Bonchev–Trinajstić information content (AvgIpc) is 2.44. The molecule has 0 spiro atoms. The Morgan fingerprint density at radius 2 is 2.15 bits per heavy atom. The lowest BCUT2D eigenvalue weighted by Crippen LogP contribution is -2.46. The molecule has 0 heterocycles. The fourth-order valence-electron chi connectivity index (χ4n) is 1.53. The monoisotopic (exact) mass is 300 g/mol. The number of carbonyl (C=O) groups excluding carboxylic acids is 2. The first kappa shape index (κ1) is 16.3. The van der Waals surface area contributed by atoms with Crippen LogP contribution in [-0.2, 0) is 20.9 Å². The highest BCUT2D eigenvalue weighted by atomic mass is 35.5. The Morgan fingerprint density at radius 1 is 1.45 bits per heavy atom. The Bertz CT molecular complexity index is 493. The minimum Gasteiger partial charge on any atom is -0.496 e. The van der Waals surface area contributed by atoms with Crippen molar-refractivity contribution in [2.24, 2.45) is 5.73 Å². The van der Waals surface area contributed by atoms with Gasteiger partial charge in [0.05, 0.1) is 13.7 Å². The average molecular weight is 301 g/mol. The third-order valence-electron chi connectivity index (χ3n) is 2.56. The van der Waals surface area contributed by atoms with E-state index in [1.165, 1.54) is 7.11 Å². The molecule has 1 unspecified atom stereocenters. The second kappa shape index (κ2) is 7.72. The third kappa shape index (κ3) is 4.11. The molecule has 0 saturated carbocycles. The van der Waals surface area contributed by atoms with Crippen LogP contribution >= 0.6 is 11.6 Å². The van der Waals surface area contributed by atoms with Gasteiger partial charge in [-0.05, 0) is 19.1 Å². The van der Waals surface area contributed by atoms with Gasteiger partial charge in [-0.15, -0.1) is 0 Å². The summed E-state index contributed by atoms with van der Waals surface area (Å²) in [6.45, 7) is 1.91. The number of halogens is 1. The first-order chi connectivity index (χ1) is 9.51. The van der Waals surface area contributed by atoms with Gasteiger partial charge in [-0.1, -0.05) is 17.7 Å². The summed E-state index contributed by atoms with van der Waals surface area (Å²) < 4.78 is 9.82. The summed E-state index contributed by atoms with van der Waals surface area (Å²) in [4.78, 5) is 23.0. The molecule has 1 aromatic carbocycles. The molecule has 1 atom stereocenters. The van der Waals surface area contributed by atoms with E-state index in [0.717, 1.165) is 0 Å². The van der Waals surface area contributed by atoms with Crippen molar-refractivity contribution >= 4 is 23.5 Å². The molecule has 0 fully saturated rings. The number of carbonyl (C=O) groups is 2. The van der Waals surface area contributed by atoms with Gasteiger partial charge in [0, 0.05) is 17.1 Å². The summed E-state index contributed by atoms with van der Waals surface area (Å²) in [5, 5.41) is 2.98. The highest BCUT2D eigenvalue weighted by Crippen LogP contribution is 2.25. The number of methoxy groups -OCH3 is 1. The van der Waals surface area contributed by atoms with Gasteiger partial charge in [-0.3, -0.25) is 4.79 Å². The summed E-state index contributed by atoms with van der Waals surface area (Å²) in [5.41, 5.74) is 6.08. The number of nitrogens with one attached hydrogen (secondary N) is 1. The van der Waals surface area contributed by atoms with Crippen LogP contribution in [0, 0.1) is 0 Å². The number of ether oxygens (including phenoxy) is 2.